The Balaban J connectivity index is 2.35. The summed E-state index contributed by atoms with van der Waals surface area (Å²) >= 11 is 0. The van der Waals surface area contributed by atoms with Gasteiger partial charge in [-0.05, 0) is 32.9 Å². The van der Waals surface area contributed by atoms with Gasteiger partial charge in [0.2, 0.25) is 0 Å². The zero-order valence-corrected chi connectivity index (χ0v) is 17.2. The van der Waals surface area contributed by atoms with Crippen LogP contribution in [-0.4, -0.2) is 47.3 Å². The van der Waals surface area contributed by atoms with Crippen LogP contribution < -0.4 is 20.9 Å². The molecular weight excluding hydrogens is 396 g/mol. The molecule has 0 fully saturated rings. The van der Waals surface area contributed by atoms with Crippen molar-refractivity contribution in [1.29, 1.82) is 0 Å². The molecule has 2 amide bonds. The molecule has 0 radical (unpaired) electrons. The summed E-state index contributed by atoms with van der Waals surface area (Å²) in [6, 6.07) is 5.39. The summed E-state index contributed by atoms with van der Waals surface area (Å²) in [7, 11) is 1.43. The molecule has 0 aliphatic heterocycles. The van der Waals surface area contributed by atoms with Crippen LogP contribution in [0.2, 0.25) is 0 Å². The molecule has 162 valence electrons. The summed E-state index contributed by atoms with van der Waals surface area (Å²) in [6.07, 6.45) is -0.637. The van der Waals surface area contributed by atoms with Gasteiger partial charge in [-0.25, -0.2) is 4.79 Å². The van der Waals surface area contributed by atoms with Gasteiger partial charge >= 0.3 is 6.09 Å². The molecule has 0 unspecified atom stereocenters. The van der Waals surface area contributed by atoms with E-state index in [1.54, 1.807) is 20.8 Å². The number of amides is 2. The van der Waals surface area contributed by atoms with E-state index < -0.39 is 28.1 Å². The quantitative estimate of drug-likeness (QED) is 0.511. The highest BCUT2D eigenvalue weighted by molar-refractivity contribution is 5.83. The van der Waals surface area contributed by atoms with Crippen molar-refractivity contribution in [2.45, 2.75) is 32.9 Å². The van der Waals surface area contributed by atoms with Gasteiger partial charge in [-0.15, -0.1) is 0 Å². The molecule has 1 heterocycles. The molecule has 2 rings (SSSR count). The number of nitrogens with one attached hydrogen (secondary N) is 2. The number of carbonyl (C=O) groups excluding carboxylic acids is 2. The van der Waals surface area contributed by atoms with Gasteiger partial charge in [-0.1, -0.05) is 0 Å². The molecule has 0 aliphatic carbocycles. The number of carbonyl (C=O) groups is 2. The van der Waals surface area contributed by atoms with Gasteiger partial charge in [-0.3, -0.25) is 19.7 Å². The number of rotatable bonds is 7. The number of hydrogen-bond acceptors (Lipinski definition) is 7. The predicted molar refractivity (Wildman–Crippen MR) is 109 cm³/mol. The number of pyridine rings is 1. The third-order valence-corrected chi connectivity index (χ3v) is 3.90. The van der Waals surface area contributed by atoms with Gasteiger partial charge in [0.25, 0.3) is 17.2 Å². The summed E-state index contributed by atoms with van der Waals surface area (Å²) in [6.45, 7) is 4.92. The lowest BCUT2D eigenvalue weighted by Gasteiger charge is -2.20. The molecule has 1 aromatic heterocycles. The lowest BCUT2D eigenvalue weighted by molar-refractivity contribution is -0.384. The number of nitrogens with zero attached hydrogens (tertiary/aromatic N) is 2. The number of ether oxygens (including phenoxy) is 2. The van der Waals surface area contributed by atoms with E-state index in [-0.39, 0.29) is 31.1 Å². The molecule has 0 spiro atoms. The fraction of sp³-hybridized carbons (Fsp3) is 0.421. The average molecular weight is 420 g/mol. The van der Waals surface area contributed by atoms with Gasteiger partial charge in [0, 0.05) is 37.7 Å². The number of non-ortho nitro benzene ring substituents is 1. The molecule has 0 atom stereocenters. The fourth-order valence-corrected chi connectivity index (χ4v) is 2.59. The Morgan fingerprint density at radius 2 is 1.93 bits per heavy atom. The van der Waals surface area contributed by atoms with Crippen LogP contribution in [0.1, 0.15) is 20.8 Å². The molecule has 1 aromatic carbocycles. The van der Waals surface area contributed by atoms with E-state index in [0.29, 0.717) is 10.9 Å². The second kappa shape index (κ2) is 9.25. The van der Waals surface area contributed by atoms with Crippen LogP contribution in [0.15, 0.2) is 29.1 Å². The first kappa shape index (κ1) is 22.7. The summed E-state index contributed by atoms with van der Waals surface area (Å²) in [5.74, 6) is -0.574. The highest BCUT2D eigenvalue weighted by Gasteiger charge is 2.17. The summed E-state index contributed by atoms with van der Waals surface area (Å²) < 4.78 is 11.8. The lowest BCUT2D eigenvalue weighted by atomic mass is 10.2. The zero-order chi connectivity index (χ0) is 22.5. The number of benzene rings is 1. The Labute approximate surface area is 172 Å². The number of aromatic nitrogens is 1. The fourth-order valence-electron chi connectivity index (χ4n) is 2.59. The van der Waals surface area contributed by atoms with Crippen molar-refractivity contribution in [3.63, 3.8) is 0 Å². The molecule has 0 saturated carbocycles. The zero-order valence-electron chi connectivity index (χ0n) is 17.2. The van der Waals surface area contributed by atoms with E-state index >= 15 is 0 Å². The van der Waals surface area contributed by atoms with Crippen molar-refractivity contribution in [2.24, 2.45) is 0 Å². The number of hydrogen-bond donors (Lipinski definition) is 2. The van der Waals surface area contributed by atoms with Crippen LogP contribution in [-0.2, 0) is 16.1 Å². The third-order valence-electron chi connectivity index (χ3n) is 3.90. The monoisotopic (exact) mass is 420 g/mol. The number of fused-ring (bicyclic) bond motifs is 1. The van der Waals surface area contributed by atoms with Gasteiger partial charge in [0.15, 0.2) is 12.4 Å². The molecule has 11 nitrogen and oxygen atoms in total. The van der Waals surface area contributed by atoms with E-state index in [4.69, 9.17) is 9.47 Å². The first-order chi connectivity index (χ1) is 14.0. The number of nitro benzene ring substituents is 1. The van der Waals surface area contributed by atoms with Crippen molar-refractivity contribution < 1.29 is 24.0 Å². The van der Waals surface area contributed by atoms with Crippen molar-refractivity contribution in [2.75, 3.05) is 20.2 Å². The molecule has 11 heteroatoms. The molecule has 2 N–H and O–H groups in total. The molecular formula is C19H24N4O7. The number of likely N-dealkylation sites (N-methyl/N-ethyl adjacent to an activating group) is 1. The van der Waals surface area contributed by atoms with E-state index in [9.17, 15) is 24.5 Å². The van der Waals surface area contributed by atoms with Gasteiger partial charge < -0.3 is 24.7 Å². The standard InChI is InChI=1S/C19H24N4O7/c1-19(2,3)30-18(26)21-7-8-22-14-6-5-13(23(27)28)9-12(14)10-15(17(22)25)29-11-16(24)20-4/h5-6,9-10H,7-8,11H2,1-4H3,(H,20,24)(H,21,26). The minimum atomic E-state index is -0.667. The van der Waals surface area contributed by atoms with Crippen molar-refractivity contribution >= 4 is 28.6 Å². The molecule has 0 saturated heterocycles. The van der Waals surface area contributed by atoms with Gasteiger partial charge in [-0.2, -0.15) is 0 Å². The molecule has 0 bridgehead atoms. The summed E-state index contributed by atoms with van der Waals surface area (Å²) in [4.78, 5) is 46.7. The van der Waals surface area contributed by atoms with E-state index in [1.165, 1.54) is 35.9 Å². The van der Waals surface area contributed by atoms with Crippen LogP contribution in [0, 0.1) is 10.1 Å². The first-order valence-electron chi connectivity index (χ1n) is 9.14. The van der Waals surface area contributed by atoms with Crippen LogP contribution >= 0.6 is 0 Å². The molecule has 2 aromatic rings. The molecule has 0 aliphatic rings. The van der Waals surface area contributed by atoms with Gasteiger partial charge in [0.1, 0.15) is 5.60 Å². The van der Waals surface area contributed by atoms with E-state index in [2.05, 4.69) is 10.6 Å². The molecule has 30 heavy (non-hydrogen) atoms. The average Bonchev–Trinajstić information content (AvgIpc) is 2.66. The second-order valence-corrected chi connectivity index (χ2v) is 7.36. The highest BCUT2D eigenvalue weighted by Crippen LogP contribution is 2.23. The van der Waals surface area contributed by atoms with Crippen LogP contribution in [0.4, 0.5) is 10.5 Å². The minimum absolute atomic E-state index is 0.0591. The maximum atomic E-state index is 12.8. The van der Waals surface area contributed by atoms with E-state index in [1.807, 2.05) is 0 Å². The maximum Gasteiger partial charge on any atom is 0.407 e. The van der Waals surface area contributed by atoms with Crippen LogP contribution in [0.25, 0.3) is 10.9 Å². The van der Waals surface area contributed by atoms with Crippen LogP contribution in [0.3, 0.4) is 0 Å². The minimum Gasteiger partial charge on any atom is -0.478 e. The number of nitro groups is 1. The SMILES string of the molecule is CNC(=O)COc1cc2cc([N+](=O)[O-])ccc2n(CCNC(=O)OC(C)(C)C)c1=O. The Hall–Kier alpha value is -3.63. The Morgan fingerprint density at radius 3 is 2.53 bits per heavy atom. The normalized spacial score (nSPS) is 11.1. The largest absolute Gasteiger partial charge is 0.478 e. The summed E-state index contributed by atoms with van der Waals surface area (Å²) in [5.41, 5.74) is -0.938. The van der Waals surface area contributed by atoms with Crippen molar-refractivity contribution in [3.8, 4) is 5.75 Å². The van der Waals surface area contributed by atoms with Crippen molar-refractivity contribution in [3.05, 3.63) is 44.7 Å². The third kappa shape index (κ3) is 5.93. The predicted octanol–water partition coefficient (Wildman–Crippen LogP) is 1.56. The first-order valence-corrected chi connectivity index (χ1v) is 9.14. The van der Waals surface area contributed by atoms with E-state index in [0.717, 1.165) is 0 Å². The smallest absolute Gasteiger partial charge is 0.407 e. The highest BCUT2D eigenvalue weighted by atomic mass is 16.6. The van der Waals surface area contributed by atoms with Crippen molar-refractivity contribution in [1.82, 2.24) is 15.2 Å². The van der Waals surface area contributed by atoms with Gasteiger partial charge in [0.05, 0.1) is 10.4 Å². The maximum absolute atomic E-state index is 12.8. The Morgan fingerprint density at radius 1 is 1.23 bits per heavy atom. The Kier molecular flexibility index (Phi) is 6.98. The Bertz CT molecular complexity index is 1020. The second-order valence-electron chi connectivity index (χ2n) is 7.36. The van der Waals surface area contributed by atoms with Crippen LogP contribution in [0.5, 0.6) is 5.75 Å². The topological polar surface area (TPSA) is 142 Å². The summed E-state index contributed by atoms with van der Waals surface area (Å²) in [5, 5.41) is 16.4. The lowest BCUT2D eigenvalue weighted by Crippen LogP contribution is -2.36. The number of alkyl carbamates (subject to hydrolysis) is 1.